The number of nitrogens with one attached hydrogen (secondary N) is 2. The molecule has 126 valence electrons. The Morgan fingerprint density at radius 1 is 1.12 bits per heavy atom. The molecule has 1 saturated heterocycles. The summed E-state index contributed by atoms with van der Waals surface area (Å²) in [6, 6.07) is 13.1. The number of hydrogen-bond acceptors (Lipinski definition) is 4. The average Bonchev–Trinajstić information content (AvgIpc) is 3.04. The van der Waals surface area contributed by atoms with Gasteiger partial charge in [-0.15, -0.1) is 0 Å². The molecule has 2 heterocycles. The van der Waals surface area contributed by atoms with Crippen molar-refractivity contribution in [2.24, 2.45) is 0 Å². The van der Waals surface area contributed by atoms with E-state index in [0.717, 1.165) is 31.7 Å². The summed E-state index contributed by atoms with van der Waals surface area (Å²) in [4.78, 5) is 13.6. The number of piperidine rings is 1. The van der Waals surface area contributed by atoms with E-state index in [9.17, 15) is 4.79 Å². The van der Waals surface area contributed by atoms with Gasteiger partial charge < -0.3 is 10.2 Å². The summed E-state index contributed by atoms with van der Waals surface area (Å²) in [6.45, 7) is 1.98. The number of nitrogens with zero attached hydrogens (tertiary/aromatic N) is 2. The fourth-order valence-electron chi connectivity index (χ4n) is 4.02. The molecule has 24 heavy (non-hydrogen) atoms. The second-order valence-electron chi connectivity index (χ2n) is 6.90. The minimum Gasteiger partial charge on any atom is -0.351 e. The molecule has 0 saturated carbocycles. The number of aromatic nitrogens is 2. The lowest BCUT2D eigenvalue weighted by Gasteiger charge is -2.37. The Bertz CT molecular complexity index is 712. The fourth-order valence-corrected chi connectivity index (χ4v) is 4.02. The van der Waals surface area contributed by atoms with E-state index in [2.05, 4.69) is 44.7 Å². The summed E-state index contributed by atoms with van der Waals surface area (Å²) < 4.78 is 0. The molecule has 2 aliphatic rings. The maximum Gasteiger partial charge on any atom is 0.264 e. The smallest absolute Gasteiger partial charge is 0.264 e. The average molecular weight is 324 g/mol. The Balaban J connectivity index is 1.39. The lowest BCUT2D eigenvalue weighted by atomic mass is 10.0. The Hall–Kier alpha value is -2.14. The molecule has 4 rings (SSSR count). The summed E-state index contributed by atoms with van der Waals surface area (Å²) in [7, 11) is 0. The van der Waals surface area contributed by atoms with Gasteiger partial charge in [-0.2, -0.15) is 5.10 Å². The Morgan fingerprint density at radius 2 is 1.92 bits per heavy atom. The van der Waals surface area contributed by atoms with Crippen molar-refractivity contribution in [3.05, 3.63) is 57.9 Å². The van der Waals surface area contributed by atoms with Crippen molar-refractivity contribution in [1.82, 2.24) is 15.5 Å². The first-order valence-corrected chi connectivity index (χ1v) is 8.92. The maximum atomic E-state index is 11.2. The summed E-state index contributed by atoms with van der Waals surface area (Å²) in [6.07, 6.45) is 5.87. The molecular weight excluding hydrogens is 300 g/mol. The van der Waals surface area contributed by atoms with E-state index in [0.29, 0.717) is 12.1 Å². The minimum atomic E-state index is -0.144. The molecule has 1 aromatic carbocycles. The van der Waals surface area contributed by atoms with Gasteiger partial charge in [0, 0.05) is 31.2 Å². The molecule has 0 amide bonds. The van der Waals surface area contributed by atoms with Gasteiger partial charge in [-0.05, 0) is 49.3 Å². The molecule has 0 bridgehead atoms. The zero-order chi connectivity index (χ0) is 16.4. The van der Waals surface area contributed by atoms with Crippen LogP contribution in [0.25, 0.3) is 0 Å². The van der Waals surface area contributed by atoms with Gasteiger partial charge in [0.2, 0.25) is 0 Å². The van der Waals surface area contributed by atoms with Gasteiger partial charge in [0.25, 0.3) is 5.56 Å². The van der Waals surface area contributed by atoms with Crippen molar-refractivity contribution in [2.75, 3.05) is 18.0 Å². The van der Waals surface area contributed by atoms with Gasteiger partial charge in [0.15, 0.2) is 0 Å². The molecule has 2 aromatic rings. The predicted octanol–water partition coefficient (Wildman–Crippen LogP) is 1.89. The Kier molecular flexibility index (Phi) is 4.34. The van der Waals surface area contributed by atoms with Crippen LogP contribution in [-0.2, 0) is 12.8 Å². The molecule has 0 spiro atoms. The third-order valence-corrected chi connectivity index (χ3v) is 5.28. The maximum absolute atomic E-state index is 11.2. The summed E-state index contributed by atoms with van der Waals surface area (Å²) in [5.41, 5.74) is 2.82. The standard InChI is InChI=1S/C19H24N4O/c24-19-9-8-18(21-22-19)23-10-4-3-7-17(23)13-20-16-11-14-5-1-2-6-15(14)12-16/h1-2,5-6,8-9,16-17,20H,3-4,7,10-13H2,(H,22,24). The molecule has 2 N–H and O–H groups in total. The molecule has 1 unspecified atom stereocenters. The number of anilines is 1. The van der Waals surface area contributed by atoms with Crippen molar-refractivity contribution in [3.8, 4) is 0 Å². The van der Waals surface area contributed by atoms with Gasteiger partial charge in [-0.25, -0.2) is 5.10 Å². The highest BCUT2D eigenvalue weighted by Gasteiger charge is 2.26. The Labute approximate surface area is 142 Å². The van der Waals surface area contributed by atoms with Crippen LogP contribution in [0.2, 0.25) is 0 Å². The van der Waals surface area contributed by atoms with E-state index in [-0.39, 0.29) is 5.56 Å². The monoisotopic (exact) mass is 324 g/mol. The summed E-state index contributed by atoms with van der Waals surface area (Å²) in [5.74, 6) is 0.885. The van der Waals surface area contributed by atoms with Crippen molar-refractivity contribution in [2.45, 2.75) is 44.2 Å². The van der Waals surface area contributed by atoms with Crippen molar-refractivity contribution in [1.29, 1.82) is 0 Å². The molecule has 1 aliphatic heterocycles. The van der Waals surface area contributed by atoms with E-state index in [1.807, 2.05) is 6.07 Å². The molecule has 1 atom stereocenters. The van der Waals surface area contributed by atoms with Crippen LogP contribution in [0.4, 0.5) is 5.82 Å². The molecule has 1 fully saturated rings. The normalized spacial score (nSPS) is 21.0. The highest BCUT2D eigenvalue weighted by Crippen LogP contribution is 2.24. The molecule has 1 aromatic heterocycles. The number of benzene rings is 1. The van der Waals surface area contributed by atoms with Crippen LogP contribution in [0.15, 0.2) is 41.2 Å². The minimum absolute atomic E-state index is 0.144. The first kappa shape index (κ1) is 15.4. The summed E-state index contributed by atoms with van der Waals surface area (Å²) >= 11 is 0. The van der Waals surface area contributed by atoms with Crippen molar-refractivity contribution >= 4 is 5.82 Å². The van der Waals surface area contributed by atoms with Crippen LogP contribution in [0.3, 0.4) is 0 Å². The van der Waals surface area contributed by atoms with Crippen molar-refractivity contribution in [3.63, 3.8) is 0 Å². The van der Waals surface area contributed by atoms with E-state index in [4.69, 9.17) is 0 Å². The van der Waals surface area contributed by atoms with Gasteiger partial charge in [0.05, 0.1) is 0 Å². The third-order valence-electron chi connectivity index (χ3n) is 5.28. The summed E-state index contributed by atoms with van der Waals surface area (Å²) in [5, 5.41) is 10.6. The predicted molar refractivity (Wildman–Crippen MR) is 95.5 cm³/mol. The zero-order valence-electron chi connectivity index (χ0n) is 13.9. The zero-order valence-corrected chi connectivity index (χ0v) is 13.9. The third kappa shape index (κ3) is 3.22. The molecule has 5 heteroatoms. The lowest BCUT2D eigenvalue weighted by Crippen LogP contribution is -2.48. The van der Waals surface area contributed by atoms with Gasteiger partial charge in [-0.3, -0.25) is 4.79 Å². The van der Waals surface area contributed by atoms with Gasteiger partial charge in [0.1, 0.15) is 5.82 Å². The van der Waals surface area contributed by atoms with Crippen LogP contribution < -0.4 is 15.8 Å². The molecule has 1 aliphatic carbocycles. The molecular formula is C19H24N4O. The highest BCUT2D eigenvalue weighted by atomic mass is 16.1. The second kappa shape index (κ2) is 6.77. The number of fused-ring (bicyclic) bond motifs is 1. The van der Waals surface area contributed by atoms with E-state index < -0.39 is 0 Å². The number of hydrogen-bond donors (Lipinski definition) is 2. The first-order chi connectivity index (χ1) is 11.8. The largest absolute Gasteiger partial charge is 0.351 e. The number of rotatable bonds is 4. The Morgan fingerprint density at radius 3 is 2.62 bits per heavy atom. The van der Waals surface area contributed by atoms with Crippen molar-refractivity contribution < 1.29 is 0 Å². The van der Waals surface area contributed by atoms with Gasteiger partial charge in [-0.1, -0.05) is 24.3 Å². The van der Waals surface area contributed by atoms with Crippen LogP contribution in [0.5, 0.6) is 0 Å². The first-order valence-electron chi connectivity index (χ1n) is 8.92. The van der Waals surface area contributed by atoms with Crippen LogP contribution in [0, 0.1) is 0 Å². The van der Waals surface area contributed by atoms with E-state index in [1.165, 1.54) is 30.4 Å². The topological polar surface area (TPSA) is 61.0 Å². The quantitative estimate of drug-likeness (QED) is 0.901. The van der Waals surface area contributed by atoms with Gasteiger partial charge >= 0.3 is 0 Å². The second-order valence-corrected chi connectivity index (χ2v) is 6.90. The van der Waals surface area contributed by atoms with Crippen LogP contribution in [0.1, 0.15) is 30.4 Å². The highest BCUT2D eigenvalue weighted by molar-refractivity contribution is 5.39. The fraction of sp³-hybridized carbons (Fsp3) is 0.474. The number of aromatic amines is 1. The van der Waals surface area contributed by atoms with E-state index >= 15 is 0 Å². The van der Waals surface area contributed by atoms with Crippen LogP contribution >= 0.6 is 0 Å². The molecule has 5 nitrogen and oxygen atoms in total. The lowest BCUT2D eigenvalue weighted by molar-refractivity contribution is 0.407. The SMILES string of the molecule is O=c1ccc(N2CCCCC2CNC2Cc3ccccc3C2)n[nH]1. The van der Waals surface area contributed by atoms with E-state index in [1.54, 1.807) is 6.07 Å². The molecule has 0 radical (unpaired) electrons. The van der Waals surface area contributed by atoms with Crippen LogP contribution in [-0.4, -0.2) is 35.4 Å². The number of H-pyrrole nitrogens is 1.